The molecule has 0 saturated carbocycles. The summed E-state index contributed by atoms with van der Waals surface area (Å²) in [6.07, 6.45) is -14.0. The van der Waals surface area contributed by atoms with Crippen molar-refractivity contribution in [3.8, 4) is 0 Å². The summed E-state index contributed by atoms with van der Waals surface area (Å²) < 4.78 is 123. The lowest BCUT2D eigenvalue weighted by molar-refractivity contribution is -0.138. The second-order valence-corrected chi connectivity index (χ2v) is 6.90. The summed E-state index contributed by atoms with van der Waals surface area (Å²) in [5.74, 6) is -1.50. The fourth-order valence-corrected chi connectivity index (χ4v) is 2.97. The number of alkyl halides is 9. The van der Waals surface area contributed by atoms with Gasteiger partial charge in [0, 0.05) is 11.1 Å². The smallest absolute Gasteiger partial charge is 0.417 e. The molecule has 0 aliphatic carbocycles. The molecule has 0 aliphatic heterocycles. The number of hydrogen-bond acceptors (Lipinski definition) is 5. The van der Waals surface area contributed by atoms with Gasteiger partial charge in [0.1, 0.15) is 18.9 Å². The van der Waals surface area contributed by atoms with E-state index in [4.69, 9.17) is 4.42 Å². The van der Waals surface area contributed by atoms with Gasteiger partial charge >= 0.3 is 24.4 Å². The van der Waals surface area contributed by atoms with E-state index in [1.807, 2.05) is 0 Å². The number of pyridine rings is 1. The van der Waals surface area contributed by atoms with E-state index in [2.05, 4.69) is 15.8 Å². The summed E-state index contributed by atoms with van der Waals surface area (Å²) in [7, 11) is 0. The number of carbonyl (C=O) groups excluding carboxylic acids is 1. The molecule has 3 aromatic rings. The van der Waals surface area contributed by atoms with Gasteiger partial charge in [0.2, 0.25) is 0 Å². The Morgan fingerprint density at radius 3 is 2.12 bits per heavy atom. The Labute approximate surface area is 184 Å². The lowest BCUT2D eigenvalue weighted by Crippen LogP contribution is -2.40. The third-order valence-electron chi connectivity index (χ3n) is 4.25. The van der Waals surface area contributed by atoms with Crippen molar-refractivity contribution in [1.29, 1.82) is 0 Å². The number of nitrogens with one attached hydrogen (secondary N) is 2. The number of fused-ring (bicyclic) bond motifs is 1. The molecule has 0 bridgehead atoms. The summed E-state index contributed by atoms with van der Waals surface area (Å²) in [4.78, 5) is 15.6. The van der Waals surface area contributed by atoms with E-state index in [9.17, 15) is 44.3 Å². The van der Waals surface area contributed by atoms with Gasteiger partial charge in [-0.3, -0.25) is 15.6 Å². The highest BCUT2D eigenvalue weighted by molar-refractivity contribution is 5.92. The molecule has 184 valence electrons. The molecular weight excluding hydrogens is 487 g/mol. The molecule has 6 nitrogen and oxygen atoms in total. The number of rotatable bonds is 6. The summed E-state index contributed by atoms with van der Waals surface area (Å²) in [5.41, 5.74) is 1.69. The van der Waals surface area contributed by atoms with Gasteiger partial charge in [-0.2, -0.15) is 39.5 Å². The molecule has 0 spiro atoms. The lowest BCUT2D eigenvalue weighted by atomic mass is 10.1. The molecule has 1 aromatic carbocycles. The van der Waals surface area contributed by atoms with E-state index < -0.39 is 65.5 Å². The normalized spacial score (nSPS) is 12.6. The monoisotopic (exact) mass is 500 g/mol. The first-order valence-corrected chi connectivity index (χ1v) is 9.13. The van der Waals surface area contributed by atoms with Gasteiger partial charge in [-0.25, -0.2) is 4.98 Å². The van der Waals surface area contributed by atoms with Crippen molar-refractivity contribution in [2.75, 3.05) is 23.4 Å². The number of hydrogen-bond donors (Lipinski definition) is 2. The van der Waals surface area contributed by atoms with Crippen LogP contribution in [0.5, 0.6) is 0 Å². The Morgan fingerprint density at radius 2 is 1.59 bits per heavy atom. The van der Waals surface area contributed by atoms with Crippen LogP contribution in [0.15, 0.2) is 47.1 Å². The van der Waals surface area contributed by atoms with Crippen LogP contribution >= 0.6 is 0 Å². The molecule has 2 aromatic heterocycles. The summed E-state index contributed by atoms with van der Waals surface area (Å²) in [6.45, 7) is -4.07. The van der Waals surface area contributed by atoms with Gasteiger partial charge in [-0.1, -0.05) is 0 Å². The van der Waals surface area contributed by atoms with Gasteiger partial charge in [-0.05, 0) is 36.4 Å². The molecule has 1 amide bonds. The molecule has 3 rings (SSSR count). The molecule has 2 heterocycles. The summed E-state index contributed by atoms with van der Waals surface area (Å²) in [6, 6.07) is 5.31. The highest BCUT2D eigenvalue weighted by Gasteiger charge is 2.38. The zero-order chi connectivity index (χ0) is 25.3. The van der Waals surface area contributed by atoms with E-state index in [1.165, 1.54) is 18.4 Å². The predicted octanol–water partition coefficient (Wildman–Crippen LogP) is 5.53. The molecule has 0 fully saturated rings. The lowest BCUT2D eigenvalue weighted by Gasteiger charge is -2.27. The van der Waals surface area contributed by atoms with Crippen molar-refractivity contribution in [2.24, 2.45) is 0 Å². The zero-order valence-electron chi connectivity index (χ0n) is 16.6. The molecule has 0 atom stereocenters. The average molecular weight is 500 g/mol. The van der Waals surface area contributed by atoms with Crippen molar-refractivity contribution in [3.05, 3.63) is 54.0 Å². The highest BCUT2D eigenvalue weighted by atomic mass is 19.4. The first-order valence-electron chi connectivity index (χ1n) is 9.13. The largest absolute Gasteiger partial charge is 0.459 e. The standard InChI is InChI=1S/C19H13F9N4O2/c20-17(21,22)8-32(9-18(23,24)25)10-3-4-13-11(6-10)12(19(26,27)28)7-15(29-13)30-31-16(33)14-2-1-5-34-14/h1-7H,8-9H2,(H,29,30)(H,31,33). The van der Waals surface area contributed by atoms with Crippen LogP contribution in [-0.2, 0) is 6.18 Å². The highest BCUT2D eigenvalue weighted by Crippen LogP contribution is 2.38. The Morgan fingerprint density at radius 1 is 0.941 bits per heavy atom. The number of amides is 1. The number of furan rings is 1. The Bertz CT molecular complexity index is 1140. The van der Waals surface area contributed by atoms with Gasteiger partial charge in [0.25, 0.3) is 0 Å². The number of carbonyl (C=O) groups is 1. The maximum atomic E-state index is 13.7. The number of benzene rings is 1. The minimum Gasteiger partial charge on any atom is -0.459 e. The van der Waals surface area contributed by atoms with Crippen LogP contribution in [0.2, 0.25) is 0 Å². The predicted molar refractivity (Wildman–Crippen MR) is 101 cm³/mol. The third-order valence-corrected chi connectivity index (χ3v) is 4.25. The van der Waals surface area contributed by atoms with Crippen molar-refractivity contribution in [1.82, 2.24) is 10.4 Å². The van der Waals surface area contributed by atoms with E-state index in [0.29, 0.717) is 12.1 Å². The maximum Gasteiger partial charge on any atom is 0.417 e. The van der Waals surface area contributed by atoms with Crippen molar-refractivity contribution >= 4 is 28.3 Å². The van der Waals surface area contributed by atoms with Crippen LogP contribution in [0, 0.1) is 0 Å². The molecule has 15 heteroatoms. The van der Waals surface area contributed by atoms with Gasteiger partial charge in [-0.15, -0.1) is 0 Å². The fraction of sp³-hybridized carbons (Fsp3) is 0.263. The van der Waals surface area contributed by atoms with Gasteiger partial charge < -0.3 is 9.32 Å². The van der Waals surface area contributed by atoms with Crippen LogP contribution in [0.1, 0.15) is 16.1 Å². The number of anilines is 2. The molecule has 2 N–H and O–H groups in total. The number of halogens is 9. The van der Waals surface area contributed by atoms with E-state index >= 15 is 0 Å². The maximum absolute atomic E-state index is 13.7. The van der Waals surface area contributed by atoms with Gasteiger partial charge in [0.15, 0.2) is 5.76 Å². The van der Waals surface area contributed by atoms with Crippen LogP contribution in [0.25, 0.3) is 10.9 Å². The SMILES string of the molecule is O=C(NNc1cc(C(F)(F)F)c2cc(N(CC(F)(F)F)CC(F)(F)F)ccc2n1)c1ccco1. The van der Waals surface area contributed by atoms with Crippen molar-refractivity contribution in [3.63, 3.8) is 0 Å². The summed E-state index contributed by atoms with van der Waals surface area (Å²) >= 11 is 0. The molecule has 0 saturated heterocycles. The first kappa shape index (κ1) is 25.0. The third kappa shape index (κ3) is 6.45. The fourth-order valence-electron chi connectivity index (χ4n) is 2.97. The van der Waals surface area contributed by atoms with E-state index in [1.54, 1.807) is 0 Å². The van der Waals surface area contributed by atoms with Crippen LogP contribution in [-0.4, -0.2) is 36.3 Å². The summed E-state index contributed by atoms with van der Waals surface area (Å²) in [5, 5.41) is -0.734. The molecule has 34 heavy (non-hydrogen) atoms. The van der Waals surface area contributed by atoms with Crippen molar-refractivity contribution < 1.29 is 48.7 Å². The van der Waals surface area contributed by atoms with Crippen LogP contribution in [0.3, 0.4) is 0 Å². The molecular formula is C19H13F9N4O2. The topological polar surface area (TPSA) is 70.4 Å². The van der Waals surface area contributed by atoms with Crippen LogP contribution in [0.4, 0.5) is 51.0 Å². The minimum absolute atomic E-state index is 0.130. The second kappa shape index (κ2) is 8.95. The zero-order valence-corrected chi connectivity index (χ0v) is 16.6. The first-order chi connectivity index (χ1) is 15.6. The number of hydrazine groups is 1. The van der Waals surface area contributed by atoms with Crippen molar-refractivity contribution in [2.45, 2.75) is 18.5 Å². The minimum atomic E-state index is -5.06. The average Bonchev–Trinajstić information content (AvgIpc) is 3.22. The second-order valence-electron chi connectivity index (χ2n) is 6.90. The van der Waals surface area contributed by atoms with E-state index in [0.717, 1.165) is 12.1 Å². The molecule has 0 aliphatic rings. The number of aromatic nitrogens is 1. The Hall–Kier alpha value is -3.65. The Kier molecular flexibility index (Phi) is 6.57. The van der Waals surface area contributed by atoms with Crippen LogP contribution < -0.4 is 15.8 Å². The van der Waals surface area contributed by atoms with E-state index in [-0.39, 0.29) is 10.7 Å². The molecule has 0 unspecified atom stereocenters. The quantitative estimate of drug-likeness (QED) is 0.344. The van der Waals surface area contributed by atoms with Gasteiger partial charge in [0.05, 0.1) is 17.3 Å². The number of nitrogens with zero attached hydrogens (tertiary/aromatic N) is 2. The Balaban J connectivity index is 2.00. The molecule has 0 radical (unpaired) electrons.